The van der Waals surface area contributed by atoms with Crippen LogP contribution in [0.25, 0.3) is 21.5 Å². The summed E-state index contributed by atoms with van der Waals surface area (Å²) in [6.07, 6.45) is 0. The summed E-state index contributed by atoms with van der Waals surface area (Å²) in [5.74, 6) is 0. The number of aryl methyl sites for hydroxylation is 2. The van der Waals surface area contributed by atoms with Crippen LogP contribution in [0.3, 0.4) is 0 Å². The van der Waals surface area contributed by atoms with Crippen LogP contribution in [-0.2, 0) is 52.4 Å². The fraction of sp³-hybridized carbons (Fsp3) is 0.100. The summed E-state index contributed by atoms with van der Waals surface area (Å²) in [6.45, 7) is 4.24. The molecule has 22 heavy (non-hydrogen) atoms. The third-order valence-corrected chi connectivity index (χ3v) is 3.59. The minimum Gasteiger partial charge on any atom is -0.168 e. The van der Waals surface area contributed by atoms with Crippen molar-refractivity contribution in [3.05, 3.63) is 83.9 Å². The Labute approximate surface area is 170 Å². The van der Waals surface area contributed by atoms with E-state index in [-0.39, 0.29) is 52.4 Å². The SMILES string of the molecule is Cc1ccc2[cH-]ccc2c1.Cc1ccc2[cH-]ccc2c1.[Zr+2].[Zr]. The zero-order valence-electron chi connectivity index (χ0n) is 12.9. The molecule has 0 unspecified atom stereocenters. The number of benzene rings is 2. The van der Waals surface area contributed by atoms with Gasteiger partial charge in [-0.05, 0) is 13.8 Å². The van der Waals surface area contributed by atoms with Crippen LogP contribution in [0.2, 0.25) is 0 Å². The van der Waals surface area contributed by atoms with Crippen molar-refractivity contribution >= 4 is 21.5 Å². The predicted molar refractivity (Wildman–Crippen MR) is 88.6 cm³/mol. The summed E-state index contributed by atoms with van der Waals surface area (Å²) in [4.78, 5) is 0. The van der Waals surface area contributed by atoms with E-state index in [1.54, 1.807) is 0 Å². The van der Waals surface area contributed by atoms with Crippen molar-refractivity contribution in [1.29, 1.82) is 0 Å². The number of hydrogen-bond acceptors (Lipinski definition) is 0. The van der Waals surface area contributed by atoms with E-state index in [2.05, 4.69) is 86.6 Å². The molecule has 0 saturated carbocycles. The molecule has 0 radical (unpaired) electrons. The molecule has 4 aromatic rings. The maximum Gasteiger partial charge on any atom is 2.00 e. The van der Waals surface area contributed by atoms with Crippen LogP contribution in [0.5, 0.6) is 0 Å². The van der Waals surface area contributed by atoms with Crippen LogP contribution in [0.1, 0.15) is 11.1 Å². The second-order valence-electron chi connectivity index (χ2n) is 5.32. The van der Waals surface area contributed by atoms with Gasteiger partial charge in [-0.3, -0.25) is 0 Å². The molecule has 0 bridgehead atoms. The molecular weight excluding hydrogens is 423 g/mol. The van der Waals surface area contributed by atoms with E-state index in [1.807, 2.05) is 0 Å². The van der Waals surface area contributed by atoms with Gasteiger partial charge in [-0.25, -0.2) is 0 Å². The van der Waals surface area contributed by atoms with Crippen molar-refractivity contribution in [2.75, 3.05) is 0 Å². The Hall–Kier alpha value is -0.574. The van der Waals surface area contributed by atoms with E-state index in [4.69, 9.17) is 0 Å². The molecule has 0 amide bonds. The first-order valence-corrected chi connectivity index (χ1v) is 6.96. The molecule has 0 atom stereocenters. The van der Waals surface area contributed by atoms with Crippen molar-refractivity contribution in [3.8, 4) is 0 Å². The van der Waals surface area contributed by atoms with Gasteiger partial charge in [-0.2, -0.15) is 35.0 Å². The molecule has 106 valence electrons. The van der Waals surface area contributed by atoms with E-state index < -0.39 is 0 Å². The van der Waals surface area contributed by atoms with Gasteiger partial charge in [0, 0.05) is 26.2 Å². The Morgan fingerprint density at radius 2 is 1.05 bits per heavy atom. The summed E-state index contributed by atoms with van der Waals surface area (Å²) in [5.41, 5.74) is 2.66. The Bertz CT molecular complexity index is 765. The van der Waals surface area contributed by atoms with Crippen molar-refractivity contribution in [2.45, 2.75) is 13.8 Å². The van der Waals surface area contributed by atoms with Gasteiger partial charge < -0.3 is 0 Å². The third kappa shape index (κ3) is 4.71. The second kappa shape index (κ2) is 8.90. The first-order chi connectivity index (χ1) is 9.72. The standard InChI is InChI=1S/2C10H9.2Zr/c2*1-8-5-6-9-3-2-4-10(9)7-8;;/h2*2-7H,1H3;;/q2*-1;;+2. The summed E-state index contributed by atoms with van der Waals surface area (Å²) in [5, 5.41) is 5.37. The van der Waals surface area contributed by atoms with E-state index in [0.29, 0.717) is 0 Å². The number of fused-ring (bicyclic) bond motifs is 2. The van der Waals surface area contributed by atoms with Gasteiger partial charge in [-0.1, -0.05) is 11.1 Å². The molecule has 0 N–H and O–H groups in total. The van der Waals surface area contributed by atoms with Gasteiger partial charge >= 0.3 is 26.2 Å². The van der Waals surface area contributed by atoms with E-state index in [0.717, 1.165) is 0 Å². The molecule has 0 fully saturated rings. The van der Waals surface area contributed by atoms with Gasteiger partial charge in [0.2, 0.25) is 0 Å². The molecule has 4 rings (SSSR count). The van der Waals surface area contributed by atoms with Gasteiger partial charge in [0.15, 0.2) is 0 Å². The van der Waals surface area contributed by atoms with E-state index in [1.165, 1.54) is 32.7 Å². The van der Waals surface area contributed by atoms with E-state index >= 15 is 0 Å². The smallest absolute Gasteiger partial charge is 0.168 e. The molecule has 0 spiro atoms. The fourth-order valence-electron chi connectivity index (χ4n) is 2.49. The molecule has 0 aromatic heterocycles. The van der Waals surface area contributed by atoms with Crippen molar-refractivity contribution in [3.63, 3.8) is 0 Å². The molecule has 0 aliphatic rings. The van der Waals surface area contributed by atoms with Crippen molar-refractivity contribution < 1.29 is 52.4 Å². The molecule has 0 aliphatic carbocycles. The molecule has 0 nitrogen and oxygen atoms in total. The molecule has 4 aromatic carbocycles. The summed E-state index contributed by atoms with van der Waals surface area (Å²) < 4.78 is 0. The third-order valence-electron chi connectivity index (χ3n) is 3.59. The zero-order chi connectivity index (χ0) is 13.9. The van der Waals surface area contributed by atoms with Gasteiger partial charge in [0.05, 0.1) is 0 Å². The summed E-state index contributed by atoms with van der Waals surface area (Å²) in [6, 6.07) is 25.7. The Kier molecular flexibility index (Phi) is 7.88. The number of rotatable bonds is 0. The first-order valence-electron chi connectivity index (χ1n) is 6.96. The summed E-state index contributed by atoms with van der Waals surface area (Å²) in [7, 11) is 0. The van der Waals surface area contributed by atoms with Gasteiger partial charge in [-0.15, -0.1) is 59.3 Å². The average Bonchev–Trinajstić information content (AvgIpc) is 3.06. The van der Waals surface area contributed by atoms with Crippen molar-refractivity contribution in [2.24, 2.45) is 0 Å². The van der Waals surface area contributed by atoms with Crippen LogP contribution in [0.4, 0.5) is 0 Å². The maximum absolute atomic E-state index is 2.20. The summed E-state index contributed by atoms with van der Waals surface area (Å²) >= 11 is 0. The van der Waals surface area contributed by atoms with Crippen LogP contribution in [-0.4, -0.2) is 0 Å². The van der Waals surface area contributed by atoms with Crippen LogP contribution >= 0.6 is 0 Å². The van der Waals surface area contributed by atoms with Crippen LogP contribution < -0.4 is 0 Å². The molecule has 0 saturated heterocycles. The van der Waals surface area contributed by atoms with Gasteiger partial charge in [0.25, 0.3) is 0 Å². The number of hydrogen-bond donors (Lipinski definition) is 0. The monoisotopic (exact) mass is 438 g/mol. The molecule has 2 heteroatoms. The molecule has 0 heterocycles. The minimum atomic E-state index is 0. The fourth-order valence-corrected chi connectivity index (χ4v) is 2.49. The maximum atomic E-state index is 2.20. The van der Waals surface area contributed by atoms with Crippen molar-refractivity contribution in [1.82, 2.24) is 0 Å². The predicted octanol–water partition coefficient (Wildman–Crippen LogP) is 5.73. The normalized spacial score (nSPS) is 9.55. The second-order valence-corrected chi connectivity index (χ2v) is 5.32. The topological polar surface area (TPSA) is 0 Å². The Morgan fingerprint density at radius 1 is 0.636 bits per heavy atom. The van der Waals surface area contributed by atoms with Crippen LogP contribution in [0.15, 0.2) is 72.8 Å². The molecule has 0 aliphatic heterocycles. The van der Waals surface area contributed by atoms with E-state index in [9.17, 15) is 0 Å². The average molecular weight is 441 g/mol. The van der Waals surface area contributed by atoms with Crippen LogP contribution in [0, 0.1) is 13.8 Å². The first kappa shape index (κ1) is 19.5. The van der Waals surface area contributed by atoms with Gasteiger partial charge in [0.1, 0.15) is 0 Å². The Morgan fingerprint density at radius 3 is 1.45 bits per heavy atom. The largest absolute Gasteiger partial charge is 2.00 e. The minimum absolute atomic E-state index is 0. The Balaban J connectivity index is 0.000000202. The zero-order valence-corrected chi connectivity index (χ0v) is 17.8. The quantitative estimate of drug-likeness (QED) is 0.306. The molecular formula is C20H18Zr2.